The van der Waals surface area contributed by atoms with E-state index in [9.17, 15) is 8.42 Å². The highest BCUT2D eigenvalue weighted by Crippen LogP contribution is 2.37. The molecule has 21 heavy (non-hydrogen) atoms. The van der Waals surface area contributed by atoms with Gasteiger partial charge in [-0.15, -0.1) is 0 Å². The van der Waals surface area contributed by atoms with Crippen molar-refractivity contribution in [3.05, 3.63) is 34.4 Å². The van der Waals surface area contributed by atoms with Crippen LogP contribution in [0, 0.1) is 0 Å². The van der Waals surface area contributed by atoms with Crippen LogP contribution in [0.2, 0.25) is 5.02 Å². The Labute approximate surface area is 130 Å². The zero-order valence-corrected chi connectivity index (χ0v) is 13.5. The van der Waals surface area contributed by atoms with Crippen molar-refractivity contribution in [3.63, 3.8) is 0 Å². The summed E-state index contributed by atoms with van der Waals surface area (Å²) < 4.78 is 31.9. The van der Waals surface area contributed by atoms with Gasteiger partial charge in [-0.3, -0.25) is 0 Å². The van der Waals surface area contributed by atoms with Crippen molar-refractivity contribution in [3.8, 4) is 5.75 Å². The normalized spacial score (nSPS) is 19.7. The number of piperidine rings is 1. The monoisotopic (exact) mass is 327 g/mol. The molecule has 114 valence electrons. The molecule has 1 saturated heterocycles. The topological polar surface area (TPSA) is 46.6 Å². The fourth-order valence-electron chi connectivity index (χ4n) is 2.72. The number of nitrogens with zero attached hydrogens (tertiary/aromatic N) is 1. The lowest BCUT2D eigenvalue weighted by Gasteiger charge is -2.28. The van der Waals surface area contributed by atoms with Crippen molar-refractivity contribution >= 4 is 21.6 Å². The zero-order valence-electron chi connectivity index (χ0n) is 11.9. The molecular weight excluding hydrogens is 310 g/mol. The van der Waals surface area contributed by atoms with E-state index in [2.05, 4.69) is 0 Å². The maximum absolute atomic E-state index is 12.6. The lowest BCUT2D eigenvalue weighted by atomic mass is 10.1. The molecule has 1 aromatic carbocycles. The van der Waals surface area contributed by atoms with Crippen LogP contribution in [-0.2, 0) is 10.0 Å². The molecule has 0 amide bonds. The van der Waals surface area contributed by atoms with Gasteiger partial charge < -0.3 is 4.74 Å². The average Bonchev–Trinajstić information content (AvgIpc) is 3.32. The first-order chi connectivity index (χ1) is 10.0. The third-order valence-electron chi connectivity index (χ3n) is 4.09. The second-order valence-corrected chi connectivity index (χ2v) is 7.75. The van der Waals surface area contributed by atoms with E-state index in [0.717, 1.165) is 12.8 Å². The first kappa shape index (κ1) is 14.9. The molecule has 0 N–H and O–H groups in total. The Morgan fingerprint density at radius 3 is 2.24 bits per heavy atom. The quantitative estimate of drug-likeness (QED) is 0.801. The van der Waals surface area contributed by atoms with Gasteiger partial charge in [-0.25, -0.2) is 8.42 Å². The molecule has 0 aromatic heterocycles. The third-order valence-corrected chi connectivity index (χ3v) is 6.28. The summed E-state index contributed by atoms with van der Waals surface area (Å²) >= 11 is 6.03. The van der Waals surface area contributed by atoms with Crippen molar-refractivity contribution in [2.75, 3.05) is 20.2 Å². The fraction of sp³-hybridized carbons (Fsp3) is 0.467. The molecule has 0 bridgehead atoms. The molecule has 0 spiro atoms. The van der Waals surface area contributed by atoms with E-state index in [1.54, 1.807) is 22.0 Å². The number of rotatable bonds is 3. The molecule has 2 fully saturated rings. The van der Waals surface area contributed by atoms with E-state index in [1.165, 1.54) is 31.6 Å². The van der Waals surface area contributed by atoms with E-state index in [1.807, 2.05) is 0 Å². The van der Waals surface area contributed by atoms with Gasteiger partial charge in [0.15, 0.2) is 0 Å². The second kappa shape index (κ2) is 5.63. The minimum Gasteiger partial charge on any atom is -0.495 e. The summed E-state index contributed by atoms with van der Waals surface area (Å²) in [6.45, 7) is 1.12. The summed E-state index contributed by atoms with van der Waals surface area (Å²) in [7, 11) is -1.96. The van der Waals surface area contributed by atoms with Gasteiger partial charge in [0.2, 0.25) is 10.0 Å². The molecular formula is C15H18ClNO3S. The highest BCUT2D eigenvalue weighted by Gasteiger charge is 2.30. The molecule has 1 saturated carbocycles. The van der Waals surface area contributed by atoms with Gasteiger partial charge in [0.05, 0.1) is 17.0 Å². The third kappa shape index (κ3) is 2.96. The number of methoxy groups -OCH3 is 1. The maximum atomic E-state index is 12.6. The van der Waals surface area contributed by atoms with Crippen LogP contribution in [-0.4, -0.2) is 32.9 Å². The standard InChI is InChI=1S/C15H18ClNO3S/c1-20-15-5-4-13(10-14(15)16)21(18,19)17-8-6-12(7-9-17)11-2-3-11/h4-5,10H,2-3,6-9H2,1H3. The number of ether oxygens (including phenoxy) is 1. The fourth-order valence-corrected chi connectivity index (χ4v) is 4.51. The lowest BCUT2D eigenvalue weighted by molar-refractivity contribution is 0.386. The summed E-state index contributed by atoms with van der Waals surface area (Å²) in [4.78, 5) is 0.232. The number of benzene rings is 1. The number of sulfonamides is 1. The van der Waals surface area contributed by atoms with Crippen LogP contribution >= 0.6 is 11.6 Å². The molecule has 6 heteroatoms. The van der Waals surface area contributed by atoms with Gasteiger partial charge in [-0.2, -0.15) is 4.31 Å². The molecule has 0 atom stereocenters. The SMILES string of the molecule is COc1ccc(S(=O)(=O)N2CCC(=C3CC3)CC2)cc1Cl. The largest absolute Gasteiger partial charge is 0.495 e. The van der Waals surface area contributed by atoms with Gasteiger partial charge in [-0.1, -0.05) is 22.7 Å². The molecule has 0 unspecified atom stereocenters. The van der Waals surface area contributed by atoms with Crippen LogP contribution in [0.3, 0.4) is 0 Å². The summed E-state index contributed by atoms with van der Waals surface area (Å²) in [5, 5.41) is 0.316. The molecule has 1 aliphatic heterocycles. The Kier molecular flexibility index (Phi) is 3.99. The van der Waals surface area contributed by atoms with Gasteiger partial charge in [0.1, 0.15) is 5.75 Å². The zero-order chi connectivity index (χ0) is 15.0. The van der Waals surface area contributed by atoms with Gasteiger partial charge in [-0.05, 0) is 43.9 Å². The minimum atomic E-state index is -3.47. The number of hydrogen-bond acceptors (Lipinski definition) is 3. The molecule has 1 aliphatic carbocycles. The Hall–Kier alpha value is -1.04. The summed E-state index contributed by atoms with van der Waals surface area (Å²) in [6, 6.07) is 4.61. The minimum absolute atomic E-state index is 0.232. The average molecular weight is 328 g/mol. The number of hydrogen-bond donors (Lipinski definition) is 0. The highest BCUT2D eigenvalue weighted by molar-refractivity contribution is 7.89. The Balaban J connectivity index is 1.80. The van der Waals surface area contributed by atoms with Crippen LogP contribution in [0.4, 0.5) is 0 Å². The van der Waals surface area contributed by atoms with E-state index >= 15 is 0 Å². The van der Waals surface area contributed by atoms with Crippen molar-refractivity contribution in [2.24, 2.45) is 0 Å². The van der Waals surface area contributed by atoms with Gasteiger partial charge >= 0.3 is 0 Å². The predicted molar refractivity (Wildman–Crippen MR) is 82.3 cm³/mol. The van der Waals surface area contributed by atoms with Crippen molar-refractivity contribution in [1.29, 1.82) is 0 Å². The number of allylic oxidation sites excluding steroid dienone is 1. The van der Waals surface area contributed by atoms with Crippen LogP contribution in [0.5, 0.6) is 5.75 Å². The first-order valence-corrected chi connectivity index (χ1v) is 8.87. The Morgan fingerprint density at radius 2 is 1.71 bits per heavy atom. The lowest BCUT2D eigenvalue weighted by Crippen LogP contribution is -2.36. The molecule has 3 rings (SSSR count). The van der Waals surface area contributed by atoms with Crippen molar-refractivity contribution in [2.45, 2.75) is 30.6 Å². The van der Waals surface area contributed by atoms with E-state index < -0.39 is 10.0 Å². The van der Waals surface area contributed by atoms with E-state index in [0.29, 0.717) is 23.9 Å². The molecule has 4 nitrogen and oxygen atoms in total. The summed E-state index contributed by atoms with van der Waals surface area (Å²) in [5.74, 6) is 0.481. The summed E-state index contributed by atoms with van der Waals surface area (Å²) in [6.07, 6.45) is 4.13. The highest BCUT2D eigenvalue weighted by atomic mass is 35.5. The maximum Gasteiger partial charge on any atom is 0.243 e. The van der Waals surface area contributed by atoms with E-state index in [4.69, 9.17) is 16.3 Å². The van der Waals surface area contributed by atoms with E-state index in [-0.39, 0.29) is 4.90 Å². The Bertz CT molecular complexity index is 681. The molecule has 2 aliphatic rings. The smallest absolute Gasteiger partial charge is 0.243 e. The molecule has 1 aromatic rings. The van der Waals surface area contributed by atoms with Crippen LogP contribution < -0.4 is 4.74 Å². The number of halogens is 1. The Morgan fingerprint density at radius 1 is 1.10 bits per heavy atom. The van der Waals surface area contributed by atoms with Crippen LogP contribution in [0.25, 0.3) is 0 Å². The first-order valence-electron chi connectivity index (χ1n) is 7.06. The summed E-state index contributed by atoms with van der Waals surface area (Å²) in [5.41, 5.74) is 3.01. The van der Waals surface area contributed by atoms with Gasteiger partial charge in [0.25, 0.3) is 0 Å². The van der Waals surface area contributed by atoms with Crippen LogP contribution in [0.1, 0.15) is 25.7 Å². The van der Waals surface area contributed by atoms with Gasteiger partial charge in [0, 0.05) is 13.1 Å². The molecule has 0 radical (unpaired) electrons. The second-order valence-electron chi connectivity index (χ2n) is 5.41. The molecule has 1 heterocycles. The predicted octanol–water partition coefficient (Wildman–Crippen LogP) is 3.22. The van der Waals surface area contributed by atoms with Crippen molar-refractivity contribution < 1.29 is 13.2 Å². The van der Waals surface area contributed by atoms with Crippen LogP contribution in [0.15, 0.2) is 34.2 Å². The van der Waals surface area contributed by atoms with Crippen molar-refractivity contribution in [1.82, 2.24) is 4.31 Å².